The van der Waals surface area contributed by atoms with Crippen LogP contribution in [0.2, 0.25) is 0 Å². The van der Waals surface area contributed by atoms with E-state index in [2.05, 4.69) is 17.1 Å². The molecule has 1 aliphatic carbocycles. The fourth-order valence-electron chi connectivity index (χ4n) is 4.06. The Morgan fingerprint density at radius 2 is 2.00 bits per heavy atom. The molecule has 5 nitrogen and oxygen atoms in total. The van der Waals surface area contributed by atoms with Crippen LogP contribution in [0.3, 0.4) is 0 Å². The summed E-state index contributed by atoms with van der Waals surface area (Å²) >= 11 is 0. The van der Waals surface area contributed by atoms with Crippen LogP contribution in [0.25, 0.3) is 0 Å². The third-order valence-electron chi connectivity index (χ3n) is 5.55. The highest BCUT2D eigenvalue weighted by Gasteiger charge is 2.31. The van der Waals surface area contributed by atoms with E-state index in [1.54, 1.807) is 13.3 Å². The molecule has 1 saturated carbocycles. The average molecular weight is 366 g/mol. The summed E-state index contributed by atoms with van der Waals surface area (Å²) in [4.78, 5) is 18.7. The normalized spacial score (nSPS) is 20.3. The Bertz CT molecular complexity index is 787. The van der Waals surface area contributed by atoms with Crippen molar-refractivity contribution in [2.45, 2.75) is 50.7 Å². The monoisotopic (exact) mass is 366 g/mol. The fraction of sp³-hybridized carbons (Fsp3) is 0.455. The maximum Gasteiger partial charge on any atom is 0.223 e. The molecule has 0 radical (unpaired) electrons. The van der Waals surface area contributed by atoms with Gasteiger partial charge in [-0.1, -0.05) is 12.1 Å². The zero-order valence-corrected chi connectivity index (χ0v) is 15.8. The summed E-state index contributed by atoms with van der Waals surface area (Å²) in [7, 11) is 1.67. The van der Waals surface area contributed by atoms with Crippen LogP contribution >= 0.6 is 0 Å². The Balaban J connectivity index is 1.48. The molecule has 1 aliphatic heterocycles. The van der Waals surface area contributed by atoms with Crippen molar-refractivity contribution in [3.63, 3.8) is 0 Å². The minimum Gasteiger partial charge on any atom is -0.493 e. The lowest BCUT2D eigenvalue weighted by atomic mass is 9.98. The zero-order chi connectivity index (χ0) is 18.6. The summed E-state index contributed by atoms with van der Waals surface area (Å²) in [6, 6.07) is 11.9. The van der Waals surface area contributed by atoms with Gasteiger partial charge in [0.25, 0.3) is 0 Å². The van der Waals surface area contributed by atoms with Gasteiger partial charge in [0.05, 0.1) is 25.5 Å². The van der Waals surface area contributed by atoms with Crippen molar-refractivity contribution in [3.8, 4) is 11.5 Å². The van der Waals surface area contributed by atoms with Crippen molar-refractivity contribution < 1.29 is 14.3 Å². The van der Waals surface area contributed by atoms with Crippen molar-refractivity contribution in [1.82, 2.24) is 9.88 Å². The smallest absolute Gasteiger partial charge is 0.223 e. The first kappa shape index (κ1) is 17.8. The number of amides is 1. The fourth-order valence-corrected chi connectivity index (χ4v) is 4.06. The highest BCUT2D eigenvalue weighted by atomic mass is 16.5. The second kappa shape index (κ2) is 7.99. The van der Waals surface area contributed by atoms with E-state index in [1.165, 1.54) is 12.8 Å². The third-order valence-corrected chi connectivity index (χ3v) is 5.55. The number of pyridine rings is 1. The second-order valence-corrected chi connectivity index (χ2v) is 7.43. The minimum atomic E-state index is 0.179. The Morgan fingerprint density at radius 1 is 1.15 bits per heavy atom. The van der Waals surface area contributed by atoms with Gasteiger partial charge in [0.2, 0.25) is 5.91 Å². The Labute approximate surface area is 160 Å². The van der Waals surface area contributed by atoms with E-state index in [9.17, 15) is 4.79 Å². The Hall–Kier alpha value is -2.56. The molecule has 1 aromatic heterocycles. The van der Waals surface area contributed by atoms with Crippen molar-refractivity contribution >= 4 is 5.91 Å². The zero-order valence-electron chi connectivity index (χ0n) is 15.8. The lowest BCUT2D eigenvalue weighted by molar-refractivity contribution is -0.128. The summed E-state index contributed by atoms with van der Waals surface area (Å²) in [6.45, 7) is 1.28. The number of methoxy groups -OCH3 is 1. The van der Waals surface area contributed by atoms with Crippen LogP contribution in [0.4, 0.5) is 0 Å². The first-order chi connectivity index (χ1) is 13.2. The number of nitrogens with zero attached hydrogens (tertiary/aromatic N) is 2. The van der Waals surface area contributed by atoms with Crippen LogP contribution in [0.15, 0.2) is 42.6 Å². The number of ether oxygens (including phenoxy) is 2. The summed E-state index contributed by atoms with van der Waals surface area (Å²) in [5, 5.41) is 0. The first-order valence-corrected chi connectivity index (χ1v) is 9.75. The highest BCUT2D eigenvalue weighted by molar-refractivity contribution is 5.79. The molecule has 27 heavy (non-hydrogen) atoms. The molecule has 2 fully saturated rings. The molecule has 0 N–H and O–H groups in total. The maximum absolute atomic E-state index is 12.5. The number of benzene rings is 1. The van der Waals surface area contributed by atoms with Crippen LogP contribution in [0.5, 0.6) is 11.5 Å². The lowest BCUT2D eigenvalue weighted by Crippen LogP contribution is -2.24. The van der Waals surface area contributed by atoms with Crippen LogP contribution in [-0.2, 0) is 11.3 Å². The Kier molecular flexibility index (Phi) is 5.28. The summed E-state index contributed by atoms with van der Waals surface area (Å²) in [6.07, 6.45) is 7.24. The number of carbonyl (C=O) groups excluding carboxylic acids is 1. The van der Waals surface area contributed by atoms with Crippen molar-refractivity contribution in [3.05, 3.63) is 53.9 Å². The third kappa shape index (κ3) is 4.07. The van der Waals surface area contributed by atoms with Crippen LogP contribution in [0.1, 0.15) is 49.3 Å². The highest BCUT2D eigenvalue weighted by Crippen LogP contribution is 2.37. The molecule has 0 spiro atoms. The predicted octanol–water partition coefficient (Wildman–Crippen LogP) is 3.93. The molecule has 1 amide bonds. The van der Waals surface area contributed by atoms with Gasteiger partial charge in [-0.15, -0.1) is 0 Å². The largest absolute Gasteiger partial charge is 0.493 e. The predicted molar refractivity (Wildman–Crippen MR) is 103 cm³/mol. The van der Waals surface area contributed by atoms with Gasteiger partial charge in [-0.25, -0.2) is 0 Å². The molecule has 2 aromatic rings. The quantitative estimate of drug-likeness (QED) is 0.777. The van der Waals surface area contributed by atoms with Gasteiger partial charge < -0.3 is 14.4 Å². The van der Waals surface area contributed by atoms with Gasteiger partial charge in [0.15, 0.2) is 11.5 Å². The maximum atomic E-state index is 12.5. The van der Waals surface area contributed by atoms with E-state index in [1.807, 2.05) is 29.2 Å². The van der Waals surface area contributed by atoms with Gasteiger partial charge >= 0.3 is 0 Å². The van der Waals surface area contributed by atoms with Gasteiger partial charge in [0.1, 0.15) is 0 Å². The number of aromatic nitrogens is 1. The SMILES string of the molecule is COc1ccc(C2CC(=O)N(Cc3ccccn3)C2)cc1OC1CCCC1. The second-order valence-electron chi connectivity index (χ2n) is 7.43. The molecule has 142 valence electrons. The molecule has 1 saturated heterocycles. The van der Waals surface area contributed by atoms with E-state index >= 15 is 0 Å². The van der Waals surface area contributed by atoms with E-state index in [-0.39, 0.29) is 17.9 Å². The van der Waals surface area contributed by atoms with E-state index in [0.29, 0.717) is 19.5 Å². The van der Waals surface area contributed by atoms with E-state index < -0.39 is 0 Å². The molecule has 1 aromatic carbocycles. The lowest BCUT2D eigenvalue weighted by Gasteiger charge is -2.19. The minimum absolute atomic E-state index is 0.179. The van der Waals surface area contributed by atoms with Crippen molar-refractivity contribution in [2.75, 3.05) is 13.7 Å². The number of hydrogen-bond donors (Lipinski definition) is 0. The summed E-state index contributed by atoms with van der Waals surface area (Å²) in [5.74, 6) is 1.93. The molecule has 2 heterocycles. The molecule has 1 unspecified atom stereocenters. The summed E-state index contributed by atoms with van der Waals surface area (Å²) in [5.41, 5.74) is 2.06. The molecule has 4 rings (SSSR count). The molecule has 0 bridgehead atoms. The van der Waals surface area contributed by atoms with Gasteiger partial charge in [0, 0.05) is 25.1 Å². The van der Waals surface area contributed by atoms with Crippen molar-refractivity contribution in [1.29, 1.82) is 0 Å². The van der Waals surface area contributed by atoms with Crippen LogP contribution in [0, 0.1) is 0 Å². The summed E-state index contributed by atoms with van der Waals surface area (Å²) < 4.78 is 11.7. The number of rotatable bonds is 6. The number of likely N-dealkylation sites (tertiary alicyclic amines) is 1. The number of carbonyl (C=O) groups is 1. The Morgan fingerprint density at radius 3 is 2.74 bits per heavy atom. The standard InChI is InChI=1S/C22H26N2O3/c1-26-20-10-9-16(12-21(20)27-19-7-2-3-8-19)17-13-22(25)24(14-17)15-18-6-4-5-11-23-18/h4-6,9-12,17,19H,2-3,7-8,13-15H2,1H3. The van der Waals surface area contributed by atoms with Gasteiger partial charge in [-0.3, -0.25) is 9.78 Å². The first-order valence-electron chi connectivity index (χ1n) is 9.75. The molecule has 5 heteroatoms. The van der Waals surface area contributed by atoms with Crippen LogP contribution < -0.4 is 9.47 Å². The molecular weight excluding hydrogens is 340 g/mol. The van der Waals surface area contributed by atoms with E-state index in [4.69, 9.17) is 9.47 Å². The van der Waals surface area contributed by atoms with Crippen LogP contribution in [-0.4, -0.2) is 35.5 Å². The number of hydrogen-bond acceptors (Lipinski definition) is 4. The molecular formula is C22H26N2O3. The average Bonchev–Trinajstić information content (AvgIpc) is 3.33. The van der Waals surface area contributed by atoms with E-state index in [0.717, 1.165) is 35.6 Å². The molecule has 1 atom stereocenters. The van der Waals surface area contributed by atoms with Gasteiger partial charge in [-0.2, -0.15) is 0 Å². The van der Waals surface area contributed by atoms with Crippen molar-refractivity contribution in [2.24, 2.45) is 0 Å². The molecule has 2 aliphatic rings. The van der Waals surface area contributed by atoms with Gasteiger partial charge in [-0.05, 0) is 55.5 Å². The topological polar surface area (TPSA) is 51.7 Å².